The average Bonchev–Trinajstić information content (AvgIpc) is 2.15. The zero-order valence-corrected chi connectivity index (χ0v) is 11.3. The van der Waals surface area contributed by atoms with Crippen molar-refractivity contribution in [2.75, 3.05) is 26.5 Å². The van der Waals surface area contributed by atoms with E-state index in [9.17, 15) is 17.4 Å². The van der Waals surface area contributed by atoms with Crippen LogP contribution in [0.5, 0.6) is 0 Å². The van der Waals surface area contributed by atoms with Gasteiger partial charge in [0.1, 0.15) is 0 Å². The Morgan fingerprint density at radius 3 is 2.47 bits per heavy atom. The number of carbonyl (C=O) groups excluding carboxylic acids is 1. The van der Waals surface area contributed by atoms with Crippen molar-refractivity contribution in [2.45, 2.75) is 13.0 Å². The summed E-state index contributed by atoms with van der Waals surface area (Å²) in [5.74, 6) is -1.66. The van der Waals surface area contributed by atoms with Gasteiger partial charge in [0.05, 0.1) is 13.2 Å². The van der Waals surface area contributed by atoms with Crippen molar-refractivity contribution in [1.82, 2.24) is 4.31 Å². The first-order valence-corrected chi connectivity index (χ1v) is 7.12. The maximum absolute atomic E-state index is 11.6. The molecule has 0 radical (unpaired) electrons. The molecule has 0 bridgehead atoms. The molecule has 17 heavy (non-hydrogen) atoms. The minimum absolute atomic E-state index is 0.147. The summed E-state index contributed by atoms with van der Waals surface area (Å²) in [6, 6.07) is 0. The van der Waals surface area contributed by atoms with Crippen molar-refractivity contribution >= 4 is 27.4 Å². The molecule has 0 aromatic heterocycles. The topological polar surface area (TPSA) is 110 Å². The quantitative estimate of drug-likeness (QED) is 0.471. The van der Waals surface area contributed by atoms with E-state index < -0.39 is 39.2 Å². The number of likely N-dealkylation sites (N-methyl/N-ethyl adjacent to an activating group) is 1. The highest BCUT2D eigenvalue weighted by Gasteiger charge is 2.24. The molecule has 2 atom stereocenters. The minimum atomic E-state index is -3.80. The molecule has 0 saturated carbocycles. The molecule has 0 amide bonds. The highest BCUT2D eigenvalue weighted by molar-refractivity contribution is 7.89. The molecule has 0 heterocycles. The van der Waals surface area contributed by atoms with Crippen LogP contribution in [0.25, 0.3) is 0 Å². The Labute approximate surface area is 102 Å². The first kappa shape index (κ1) is 16.4. The van der Waals surface area contributed by atoms with Crippen LogP contribution in [0.15, 0.2) is 0 Å². The van der Waals surface area contributed by atoms with Gasteiger partial charge in [-0.05, 0) is 6.92 Å². The van der Waals surface area contributed by atoms with Gasteiger partial charge in [-0.25, -0.2) is 12.7 Å². The Kier molecular flexibility index (Phi) is 6.78. The van der Waals surface area contributed by atoms with Gasteiger partial charge in [-0.15, -0.1) is 0 Å². The molecule has 0 saturated heterocycles. The second-order valence-electron chi connectivity index (χ2n) is 3.24. The first-order valence-electron chi connectivity index (χ1n) is 4.48. The molecule has 0 spiro atoms. The van der Waals surface area contributed by atoms with Crippen molar-refractivity contribution in [3.63, 3.8) is 0 Å². The number of methoxy groups -OCH3 is 1. The lowest BCUT2D eigenvalue weighted by atomic mass is 10.4. The number of sulfonamides is 1. The number of esters is 1. The molecule has 0 aliphatic heterocycles. The normalized spacial score (nSPS) is 15.6. The fourth-order valence-corrected chi connectivity index (χ4v) is 2.38. The van der Waals surface area contributed by atoms with Crippen LogP contribution in [-0.2, 0) is 35.1 Å². The van der Waals surface area contributed by atoms with E-state index in [-0.39, 0.29) is 6.54 Å². The van der Waals surface area contributed by atoms with Crippen molar-refractivity contribution in [3.8, 4) is 0 Å². The third-order valence-electron chi connectivity index (χ3n) is 1.76. The van der Waals surface area contributed by atoms with Gasteiger partial charge >= 0.3 is 17.3 Å². The zero-order chi connectivity index (χ0) is 13.6. The number of ether oxygens (including phenoxy) is 1. The van der Waals surface area contributed by atoms with Crippen molar-refractivity contribution in [2.24, 2.45) is 0 Å². The van der Waals surface area contributed by atoms with Crippen molar-refractivity contribution in [1.29, 1.82) is 0 Å². The summed E-state index contributed by atoms with van der Waals surface area (Å²) in [6.07, 6.45) is -0.779. The molecule has 102 valence electrons. The molecule has 0 aliphatic carbocycles. The lowest BCUT2D eigenvalue weighted by molar-refractivity contribution is -0.137. The molecule has 10 heteroatoms. The largest absolute Gasteiger partial charge is 0.468 e. The fourth-order valence-electron chi connectivity index (χ4n) is 0.965. The lowest BCUT2D eigenvalue weighted by Crippen LogP contribution is -2.38. The summed E-state index contributed by atoms with van der Waals surface area (Å²) >= 11 is -2.46. The molecule has 0 aromatic rings. The summed E-state index contributed by atoms with van der Waals surface area (Å²) in [4.78, 5) is 10.8. The van der Waals surface area contributed by atoms with Gasteiger partial charge in [-0.2, -0.15) is 4.21 Å². The van der Waals surface area contributed by atoms with E-state index in [0.29, 0.717) is 0 Å². The van der Waals surface area contributed by atoms with E-state index in [4.69, 9.17) is 4.55 Å². The molecular weight excluding hydrogens is 274 g/mol. The Morgan fingerprint density at radius 1 is 1.53 bits per heavy atom. The number of carbonyl (C=O) groups is 1. The van der Waals surface area contributed by atoms with Crippen LogP contribution < -0.4 is 0 Å². The molecule has 2 unspecified atom stereocenters. The fraction of sp³-hybridized carbons (Fsp3) is 0.857. The monoisotopic (exact) mass is 289 g/mol. The van der Waals surface area contributed by atoms with Gasteiger partial charge in [-0.3, -0.25) is 13.5 Å². The molecule has 1 N–H and O–H groups in total. The number of hydrogen-bond acceptors (Lipinski definition) is 6. The molecule has 0 aromatic carbocycles. The second kappa shape index (κ2) is 7.01. The molecule has 0 fully saturated rings. The van der Waals surface area contributed by atoms with Crippen molar-refractivity contribution in [3.05, 3.63) is 0 Å². The maximum atomic E-state index is 11.6. The average molecular weight is 289 g/mol. The van der Waals surface area contributed by atoms with Gasteiger partial charge in [0.2, 0.25) is 10.0 Å². The van der Waals surface area contributed by atoms with Gasteiger partial charge in [0.25, 0.3) is 0 Å². The van der Waals surface area contributed by atoms with Crippen molar-refractivity contribution < 1.29 is 30.9 Å². The Balaban J connectivity index is 4.43. The Bertz CT molecular complexity index is 380. The summed E-state index contributed by atoms with van der Waals surface area (Å²) in [5, 5.41) is 0. The van der Waals surface area contributed by atoms with Crippen LogP contribution in [0.4, 0.5) is 0 Å². The smallest absolute Gasteiger partial charge is 0.322 e. The predicted octanol–water partition coefficient (Wildman–Crippen LogP) is -1.04. The Hall–Kier alpha value is -0.550. The van der Waals surface area contributed by atoms with Gasteiger partial charge in [0, 0.05) is 13.6 Å². The van der Waals surface area contributed by atoms with Crippen LogP contribution in [-0.4, -0.2) is 60.0 Å². The summed E-state index contributed by atoms with van der Waals surface area (Å²) in [7, 11) is -1.49. The summed E-state index contributed by atoms with van der Waals surface area (Å²) in [6.45, 7) is 1.28. The molecule has 8 nitrogen and oxygen atoms in total. The minimum Gasteiger partial charge on any atom is -0.468 e. The third-order valence-corrected chi connectivity index (χ3v) is 3.96. The number of nitrogens with zero attached hydrogens (tertiary/aromatic N) is 1. The van der Waals surface area contributed by atoms with Gasteiger partial charge in [-0.1, -0.05) is 0 Å². The zero-order valence-electron chi connectivity index (χ0n) is 9.65. The first-order chi connectivity index (χ1) is 7.69. The highest BCUT2D eigenvalue weighted by atomic mass is 32.2. The lowest BCUT2D eigenvalue weighted by Gasteiger charge is -2.19. The van der Waals surface area contributed by atoms with E-state index in [1.807, 2.05) is 0 Å². The standard InChI is InChI=1S/C7H15NO7S2/c1-6(15-16(10)11)4-8(2)17(12,13)5-7(9)14-3/h6H,4-5H2,1-3H3,(H,10,11). The van der Waals surface area contributed by atoms with E-state index in [2.05, 4.69) is 8.92 Å². The van der Waals surface area contributed by atoms with E-state index in [1.165, 1.54) is 14.0 Å². The molecule has 0 rings (SSSR count). The Morgan fingerprint density at radius 2 is 2.06 bits per heavy atom. The number of rotatable bonds is 7. The highest BCUT2D eigenvalue weighted by Crippen LogP contribution is 2.03. The van der Waals surface area contributed by atoms with Crippen LogP contribution in [0.1, 0.15) is 6.92 Å². The van der Waals surface area contributed by atoms with E-state index in [1.54, 1.807) is 0 Å². The van der Waals surface area contributed by atoms with E-state index in [0.717, 1.165) is 11.4 Å². The summed E-state index contributed by atoms with van der Waals surface area (Å²) in [5.41, 5.74) is 0. The van der Waals surface area contributed by atoms with Crippen LogP contribution in [0, 0.1) is 0 Å². The van der Waals surface area contributed by atoms with Gasteiger partial charge < -0.3 is 4.74 Å². The predicted molar refractivity (Wildman–Crippen MR) is 59.8 cm³/mol. The molecule has 0 aliphatic rings. The van der Waals surface area contributed by atoms with Crippen LogP contribution >= 0.6 is 0 Å². The van der Waals surface area contributed by atoms with E-state index >= 15 is 0 Å². The second-order valence-corrected chi connectivity index (χ2v) is 5.94. The third kappa shape index (κ3) is 6.68. The van der Waals surface area contributed by atoms with Crippen LogP contribution in [0.3, 0.4) is 0 Å². The molecular formula is C7H15NO7S2. The SMILES string of the molecule is COC(=O)CS(=O)(=O)N(C)CC(C)OS(=O)O. The number of hydrogen-bond donors (Lipinski definition) is 1. The van der Waals surface area contributed by atoms with Crippen LogP contribution in [0.2, 0.25) is 0 Å². The summed E-state index contributed by atoms with van der Waals surface area (Å²) < 4.78 is 51.4. The van der Waals surface area contributed by atoms with Gasteiger partial charge in [0.15, 0.2) is 5.75 Å². The maximum Gasteiger partial charge on any atom is 0.322 e.